The lowest BCUT2D eigenvalue weighted by Crippen LogP contribution is -2.08. The average Bonchev–Trinajstić information content (AvgIpc) is 2.21. The molecule has 0 saturated carbocycles. The summed E-state index contributed by atoms with van der Waals surface area (Å²) in [7, 11) is 1.23. The molecule has 0 aromatic heterocycles. The number of hydrogen-bond donors (Lipinski definition) is 1. The molecule has 0 saturated heterocycles. The zero-order chi connectivity index (χ0) is 10.8. The van der Waals surface area contributed by atoms with Gasteiger partial charge in [-0.1, -0.05) is 0 Å². The van der Waals surface area contributed by atoms with Crippen LogP contribution in [0.2, 0.25) is 0 Å². The molecule has 0 heterocycles. The van der Waals surface area contributed by atoms with Crippen molar-refractivity contribution in [1.82, 2.24) is 0 Å². The van der Waals surface area contributed by atoms with E-state index in [1.807, 2.05) is 0 Å². The van der Waals surface area contributed by atoms with Crippen molar-refractivity contribution in [3.8, 4) is 0 Å². The SMILES string of the molecule is COC(=O)CO/C=C/C(=O)OCCO. The van der Waals surface area contributed by atoms with E-state index in [4.69, 9.17) is 5.11 Å². The summed E-state index contributed by atoms with van der Waals surface area (Å²) in [6.45, 7) is -0.566. The van der Waals surface area contributed by atoms with Crippen molar-refractivity contribution in [2.45, 2.75) is 0 Å². The number of carbonyl (C=O) groups excluding carboxylic acids is 2. The molecule has 0 fully saturated rings. The summed E-state index contributed by atoms with van der Waals surface area (Å²) >= 11 is 0. The third-order valence-corrected chi connectivity index (χ3v) is 1.06. The van der Waals surface area contributed by atoms with Crippen molar-refractivity contribution >= 4 is 11.9 Å². The fraction of sp³-hybridized carbons (Fsp3) is 0.500. The molecule has 0 amide bonds. The monoisotopic (exact) mass is 204 g/mol. The second-order valence-corrected chi connectivity index (χ2v) is 2.08. The van der Waals surface area contributed by atoms with Gasteiger partial charge in [0.1, 0.15) is 6.61 Å². The molecule has 0 rings (SSSR count). The molecule has 0 spiro atoms. The van der Waals surface area contributed by atoms with E-state index in [1.165, 1.54) is 7.11 Å². The minimum Gasteiger partial charge on any atom is -0.489 e. The van der Waals surface area contributed by atoms with Crippen molar-refractivity contribution in [2.24, 2.45) is 0 Å². The predicted octanol–water partition coefficient (Wildman–Crippen LogP) is -0.775. The Morgan fingerprint density at radius 1 is 1.43 bits per heavy atom. The number of rotatable bonds is 6. The van der Waals surface area contributed by atoms with Crippen LogP contribution in [0.3, 0.4) is 0 Å². The molecular weight excluding hydrogens is 192 g/mol. The summed E-state index contributed by atoms with van der Waals surface area (Å²) in [6.07, 6.45) is 2.02. The van der Waals surface area contributed by atoms with Crippen molar-refractivity contribution in [1.29, 1.82) is 0 Å². The maximum absolute atomic E-state index is 10.7. The van der Waals surface area contributed by atoms with Gasteiger partial charge in [0.15, 0.2) is 6.61 Å². The zero-order valence-electron chi connectivity index (χ0n) is 7.76. The van der Waals surface area contributed by atoms with Crippen molar-refractivity contribution in [3.63, 3.8) is 0 Å². The Balaban J connectivity index is 3.51. The lowest BCUT2D eigenvalue weighted by molar-refractivity contribution is -0.144. The highest BCUT2D eigenvalue weighted by molar-refractivity contribution is 5.81. The van der Waals surface area contributed by atoms with Crippen molar-refractivity contribution in [2.75, 3.05) is 26.9 Å². The van der Waals surface area contributed by atoms with Gasteiger partial charge in [-0.15, -0.1) is 0 Å². The van der Waals surface area contributed by atoms with Crippen LogP contribution < -0.4 is 0 Å². The van der Waals surface area contributed by atoms with Crippen LogP contribution in [0.25, 0.3) is 0 Å². The zero-order valence-corrected chi connectivity index (χ0v) is 7.76. The van der Waals surface area contributed by atoms with E-state index >= 15 is 0 Å². The van der Waals surface area contributed by atoms with E-state index in [0.717, 1.165) is 12.3 Å². The van der Waals surface area contributed by atoms with Gasteiger partial charge >= 0.3 is 11.9 Å². The van der Waals surface area contributed by atoms with Crippen LogP contribution in [-0.4, -0.2) is 44.0 Å². The first-order valence-electron chi connectivity index (χ1n) is 3.83. The maximum atomic E-state index is 10.7. The highest BCUT2D eigenvalue weighted by Crippen LogP contribution is 1.84. The van der Waals surface area contributed by atoms with E-state index in [0.29, 0.717) is 0 Å². The molecule has 1 N–H and O–H groups in total. The third-order valence-electron chi connectivity index (χ3n) is 1.06. The molecule has 80 valence electrons. The topological polar surface area (TPSA) is 82.1 Å². The molecule has 0 radical (unpaired) electrons. The predicted molar refractivity (Wildman–Crippen MR) is 45.2 cm³/mol. The number of aliphatic hydroxyl groups is 1. The highest BCUT2D eigenvalue weighted by atomic mass is 16.6. The molecule has 0 bridgehead atoms. The van der Waals surface area contributed by atoms with Gasteiger partial charge in [-0.05, 0) is 0 Å². The standard InChI is InChI=1S/C8H12O6/c1-12-8(11)6-13-4-2-7(10)14-5-3-9/h2,4,9H,3,5-6H2,1H3/b4-2+. The van der Waals surface area contributed by atoms with Crippen LogP contribution in [0.4, 0.5) is 0 Å². The molecule has 6 nitrogen and oxygen atoms in total. The van der Waals surface area contributed by atoms with Crippen LogP contribution in [-0.2, 0) is 23.8 Å². The first-order chi connectivity index (χ1) is 6.70. The molecule has 6 heteroatoms. The number of aliphatic hydroxyl groups excluding tert-OH is 1. The summed E-state index contributed by atoms with van der Waals surface area (Å²) in [5.74, 6) is -1.19. The summed E-state index contributed by atoms with van der Waals surface area (Å²) in [5, 5.41) is 8.30. The van der Waals surface area contributed by atoms with Crippen molar-refractivity contribution in [3.05, 3.63) is 12.3 Å². The lowest BCUT2D eigenvalue weighted by Gasteiger charge is -1.98. The van der Waals surface area contributed by atoms with E-state index in [-0.39, 0.29) is 19.8 Å². The smallest absolute Gasteiger partial charge is 0.343 e. The van der Waals surface area contributed by atoms with Crippen LogP contribution in [0.1, 0.15) is 0 Å². The van der Waals surface area contributed by atoms with Gasteiger partial charge in [-0.3, -0.25) is 0 Å². The second-order valence-electron chi connectivity index (χ2n) is 2.08. The number of hydrogen-bond acceptors (Lipinski definition) is 6. The van der Waals surface area contributed by atoms with Crippen LogP contribution in [0.5, 0.6) is 0 Å². The molecular formula is C8H12O6. The Labute approximate surface area is 81.1 Å². The summed E-state index contributed by atoms with van der Waals surface area (Å²) in [5.41, 5.74) is 0. The number of methoxy groups -OCH3 is 1. The van der Waals surface area contributed by atoms with E-state index in [2.05, 4.69) is 14.2 Å². The molecule has 0 aliphatic heterocycles. The van der Waals surface area contributed by atoms with Gasteiger partial charge in [-0.25, -0.2) is 9.59 Å². The molecule has 0 aromatic rings. The molecule has 0 aromatic carbocycles. The van der Waals surface area contributed by atoms with Gasteiger partial charge in [0.25, 0.3) is 0 Å². The average molecular weight is 204 g/mol. The van der Waals surface area contributed by atoms with Gasteiger partial charge < -0.3 is 19.3 Å². The van der Waals surface area contributed by atoms with Gasteiger partial charge in [0, 0.05) is 0 Å². The largest absolute Gasteiger partial charge is 0.489 e. The number of esters is 2. The third kappa shape index (κ3) is 7.11. The Morgan fingerprint density at radius 2 is 2.14 bits per heavy atom. The first kappa shape index (κ1) is 12.4. The minimum absolute atomic E-state index is 0.0693. The van der Waals surface area contributed by atoms with Crippen LogP contribution in [0.15, 0.2) is 12.3 Å². The van der Waals surface area contributed by atoms with Gasteiger partial charge in [0.2, 0.25) is 0 Å². The lowest BCUT2D eigenvalue weighted by atomic mass is 10.6. The number of carbonyl (C=O) groups is 2. The molecule has 0 unspecified atom stereocenters. The molecule has 0 aliphatic rings. The molecule has 0 atom stereocenters. The van der Waals surface area contributed by atoms with Crippen molar-refractivity contribution < 1.29 is 28.9 Å². The van der Waals surface area contributed by atoms with Crippen LogP contribution in [0, 0.1) is 0 Å². The van der Waals surface area contributed by atoms with E-state index in [9.17, 15) is 9.59 Å². The Bertz CT molecular complexity index is 210. The summed E-state index contributed by atoms with van der Waals surface area (Å²) in [6, 6.07) is 0. The normalized spacial score (nSPS) is 9.86. The minimum atomic E-state index is -0.649. The van der Waals surface area contributed by atoms with Gasteiger partial charge in [-0.2, -0.15) is 0 Å². The Hall–Kier alpha value is -1.56. The molecule has 14 heavy (non-hydrogen) atoms. The maximum Gasteiger partial charge on any atom is 0.343 e. The summed E-state index contributed by atoms with van der Waals surface area (Å²) < 4.78 is 13.3. The quantitative estimate of drug-likeness (QED) is 0.347. The molecule has 0 aliphatic carbocycles. The Kier molecular flexibility index (Phi) is 7.16. The van der Waals surface area contributed by atoms with Gasteiger partial charge in [0.05, 0.1) is 26.1 Å². The van der Waals surface area contributed by atoms with Crippen LogP contribution >= 0.6 is 0 Å². The highest BCUT2D eigenvalue weighted by Gasteiger charge is 1.98. The Morgan fingerprint density at radius 3 is 2.71 bits per heavy atom. The van der Waals surface area contributed by atoms with E-state index < -0.39 is 11.9 Å². The first-order valence-corrected chi connectivity index (χ1v) is 3.83. The number of ether oxygens (including phenoxy) is 3. The fourth-order valence-electron chi connectivity index (χ4n) is 0.473. The fourth-order valence-corrected chi connectivity index (χ4v) is 0.473. The second kappa shape index (κ2) is 8.06. The van der Waals surface area contributed by atoms with E-state index in [1.54, 1.807) is 0 Å². The summed E-state index contributed by atoms with van der Waals surface area (Å²) in [4.78, 5) is 21.2.